The Morgan fingerprint density at radius 2 is 1.86 bits per heavy atom. The lowest BCUT2D eigenvalue weighted by Crippen LogP contribution is -2.49. The number of carbonyl (C=O) groups excluding carboxylic acids is 5. The molecule has 5 atom stereocenters. The maximum Gasteiger partial charge on any atom is 0.392 e. The van der Waals surface area contributed by atoms with E-state index in [-0.39, 0.29) is 47.1 Å². The van der Waals surface area contributed by atoms with Crippen LogP contribution in [0.3, 0.4) is 0 Å². The summed E-state index contributed by atoms with van der Waals surface area (Å²) in [7, 11) is 0. The molecule has 0 spiro atoms. The number of ketones is 1. The van der Waals surface area contributed by atoms with Crippen molar-refractivity contribution < 1.29 is 37.1 Å². The molecule has 1 aromatic carbocycles. The normalized spacial score (nSPS) is 25.6. The van der Waals surface area contributed by atoms with Gasteiger partial charge in [-0.2, -0.15) is 13.2 Å². The number of carbonyl (C=O) groups is 5. The van der Waals surface area contributed by atoms with E-state index in [0.717, 1.165) is 12.8 Å². The second-order valence-electron chi connectivity index (χ2n) is 9.89. The highest BCUT2D eigenvalue weighted by molar-refractivity contribution is 6.38. The fraction of sp³-hybridized carbons (Fsp3) is 0.542. The van der Waals surface area contributed by atoms with Crippen LogP contribution in [-0.2, 0) is 19.2 Å². The number of nitrogens with one attached hydrogen (secondary N) is 4. The number of amides is 4. The standard InChI is InChI=1S/C24H26ClF3N4O5/c1-10-6-11(20(34)29-10)7-18(19(33)23(37)30-13-3-4-13)32-22(36)15-8-12(25)2-5-17(15)31-21(35)14-9-16(14)24(26,27)28/h2,5,8,10-11,13-14,16,18H,3-4,6-7,9H2,1H3,(H,29,34)(H,30,37)(H,31,35)(H,32,36)/t10-,11+,14?,16?,18+/m1/s1. The zero-order chi connectivity index (χ0) is 27.1. The summed E-state index contributed by atoms with van der Waals surface area (Å²) >= 11 is 6.02. The smallest absolute Gasteiger partial charge is 0.353 e. The van der Waals surface area contributed by atoms with Crippen LogP contribution in [0.1, 0.15) is 49.4 Å². The molecule has 3 aliphatic rings. The Balaban J connectivity index is 1.51. The van der Waals surface area contributed by atoms with E-state index in [1.165, 1.54) is 18.2 Å². The lowest BCUT2D eigenvalue weighted by Gasteiger charge is -2.21. The van der Waals surface area contributed by atoms with Gasteiger partial charge in [-0.3, -0.25) is 24.0 Å². The second kappa shape index (κ2) is 10.3. The van der Waals surface area contributed by atoms with Crippen molar-refractivity contribution in [3.63, 3.8) is 0 Å². The molecule has 4 amide bonds. The maximum absolute atomic E-state index is 13.2. The van der Waals surface area contributed by atoms with Gasteiger partial charge < -0.3 is 21.3 Å². The average Bonchev–Trinajstić information content (AvgIpc) is 3.72. The fourth-order valence-corrected chi connectivity index (χ4v) is 4.61. The Morgan fingerprint density at radius 1 is 1.16 bits per heavy atom. The van der Waals surface area contributed by atoms with E-state index in [2.05, 4.69) is 21.3 Å². The van der Waals surface area contributed by atoms with Crippen LogP contribution >= 0.6 is 11.6 Å². The van der Waals surface area contributed by atoms with Crippen molar-refractivity contribution in [3.8, 4) is 0 Å². The van der Waals surface area contributed by atoms with Crippen LogP contribution in [-0.4, -0.2) is 53.7 Å². The van der Waals surface area contributed by atoms with E-state index in [4.69, 9.17) is 11.6 Å². The molecule has 0 aromatic heterocycles. The molecule has 0 radical (unpaired) electrons. The summed E-state index contributed by atoms with van der Waals surface area (Å²) in [5, 5.41) is 10.2. The maximum atomic E-state index is 13.2. The van der Waals surface area contributed by atoms with Gasteiger partial charge in [-0.1, -0.05) is 11.6 Å². The summed E-state index contributed by atoms with van der Waals surface area (Å²) in [6.07, 6.45) is -3.10. The molecule has 2 saturated carbocycles. The first-order valence-corrected chi connectivity index (χ1v) is 12.3. The third-order valence-electron chi connectivity index (χ3n) is 6.71. The van der Waals surface area contributed by atoms with Crippen molar-refractivity contribution in [2.24, 2.45) is 17.8 Å². The van der Waals surface area contributed by atoms with Crippen molar-refractivity contribution in [3.05, 3.63) is 28.8 Å². The van der Waals surface area contributed by atoms with Gasteiger partial charge in [0, 0.05) is 23.0 Å². The molecule has 4 rings (SSSR count). The van der Waals surface area contributed by atoms with Gasteiger partial charge in [-0.15, -0.1) is 0 Å². The number of alkyl halides is 3. The molecular weight excluding hydrogens is 517 g/mol. The highest BCUT2D eigenvalue weighted by Gasteiger charge is 2.59. The number of halogens is 4. The predicted molar refractivity (Wildman–Crippen MR) is 125 cm³/mol. The zero-order valence-electron chi connectivity index (χ0n) is 19.8. The molecule has 2 aliphatic carbocycles. The molecule has 4 N–H and O–H groups in total. The lowest BCUT2D eigenvalue weighted by atomic mass is 9.93. The van der Waals surface area contributed by atoms with Gasteiger partial charge in [0.2, 0.25) is 17.6 Å². The Bertz CT molecular complexity index is 1140. The lowest BCUT2D eigenvalue weighted by molar-refractivity contribution is -0.153. The molecule has 13 heteroatoms. The molecule has 2 unspecified atom stereocenters. The first-order chi connectivity index (χ1) is 17.3. The minimum atomic E-state index is -4.50. The number of hydrogen-bond acceptors (Lipinski definition) is 5. The minimum absolute atomic E-state index is 0.0967. The minimum Gasteiger partial charge on any atom is -0.353 e. The number of rotatable bonds is 9. The van der Waals surface area contributed by atoms with Crippen LogP contribution in [0.25, 0.3) is 0 Å². The first-order valence-electron chi connectivity index (χ1n) is 12.0. The van der Waals surface area contributed by atoms with E-state index >= 15 is 0 Å². The van der Waals surface area contributed by atoms with Crippen LogP contribution in [0.2, 0.25) is 5.02 Å². The van der Waals surface area contributed by atoms with Crippen molar-refractivity contribution in [1.29, 1.82) is 0 Å². The van der Waals surface area contributed by atoms with E-state index in [1.807, 2.05) is 0 Å². The number of Topliss-reactive ketones (excluding diaryl/α,β-unsaturated/α-hetero) is 1. The van der Waals surface area contributed by atoms with Crippen LogP contribution in [0, 0.1) is 17.8 Å². The van der Waals surface area contributed by atoms with E-state index in [1.54, 1.807) is 6.92 Å². The topological polar surface area (TPSA) is 133 Å². The van der Waals surface area contributed by atoms with Crippen LogP contribution in [0.15, 0.2) is 18.2 Å². The third kappa shape index (κ3) is 6.60. The summed E-state index contributed by atoms with van der Waals surface area (Å²) < 4.78 is 38.6. The highest BCUT2D eigenvalue weighted by Crippen LogP contribution is 2.50. The monoisotopic (exact) mass is 542 g/mol. The third-order valence-corrected chi connectivity index (χ3v) is 6.94. The Hall–Kier alpha value is -3.15. The first kappa shape index (κ1) is 26.9. The molecule has 0 bridgehead atoms. The molecule has 200 valence electrons. The van der Waals surface area contributed by atoms with Gasteiger partial charge in [0.15, 0.2) is 0 Å². The van der Waals surface area contributed by atoms with Crippen molar-refractivity contribution in [2.45, 2.75) is 63.3 Å². The molecule has 37 heavy (non-hydrogen) atoms. The molecule has 1 aromatic rings. The quantitative estimate of drug-likeness (QED) is 0.355. The second-order valence-corrected chi connectivity index (χ2v) is 10.3. The Kier molecular flexibility index (Phi) is 7.50. The molecule has 9 nitrogen and oxygen atoms in total. The van der Waals surface area contributed by atoms with Gasteiger partial charge in [-0.05, 0) is 57.2 Å². The SMILES string of the molecule is C[C@@H]1C[C@@H](C[C@H](NC(=O)c2cc(Cl)ccc2NC(=O)C2CC2C(F)(F)F)C(=O)C(=O)NC2CC2)C(=O)N1. The van der Waals surface area contributed by atoms with Crippen LogP contribution in [0.4, 0.5) is 18.9 Å². The van der Waals surface area contributed by atoms with Crippen LogP contribution in [0.5, 0.6) is 0 Å². The summed E-state index contributed by atoms with van der Waals surface area (Å²) in [5.41, 5.74) is -0.296. The van der Waals surface area contributed by atoms with E-state index in [9.17, 15) is 37.1 Å². The fourth-order valence-electron chi connectivity index (χ4n) is 4.44. The summed E-state index contributed by atoms with van der Waals surface area (Å²) in [5.74, 6) is -7.53. The van der Waals surface area contributed by atoms with Gasteiger partial charge in [0.05, 0.1) is 29.1 Å². The average molecular weight is 543 g/mol. The van der Waals surface area contributed by atoms with E-state index in [0.29, 0.717) is 6.42 Å². The van der Waals surface area contributed by atoms with Crippen molar-refractivity contribution in [1.82, 2.24) is 16.0 Å². The highest BCUT2D eigenvalue weighted by atomic mass is 35.5. The largest absolute Gasteiger partial charge is 0.392 e. The van der Waals surface area contributed by atoms with Gasteiger partial charge >= 0.3 is 6.18 Å². The number of anilines is 1. The summed E-state index contributed by atoms with van der Waals surface area (Å²) in [6.45, 7) is 1.79. The van der Waals surface area contributed by atoms with Gasteiger partial charge in [-0.25, -0.2) is 0 Å². The van der Waals surface area contributed by atoms with Gasteiger partial charge in [0.25, 0.3) is 11.8 Å². The molecule has 1 saturated heterocycles. The van der Waals surface area contributed by atoms with E-state index < -0.39 is 53.5 Å². The molecule has 1 aliphatic heterocycles. The Morgan fingerprint density at radius 3 is 2.43 bits per heavy atom. The van der Waals surface area contributed by atoms with Crippen molar-refractivity contribution in [2.75, 3.05) is 5.32 Å². The predicted octanol–water partition coefficient (Wildman–Crippen LogP) is 2.34. The number of hydrogen-bond donors (Lipinski definition) is 4. The Labute approximate surface area is 215 Å². The van der Waals surface area contributed by atoms with Crippen molar-refractivity contribution >= 4 is 46.7 Å². The zero-order valence-corrected chi connectivity index (χ0v) is 20.5. The molecule has 3 fully saturated rings. The number of benzene rings is 1. The summed E-state index contributed by atoms with van der Waals surface area (Å²) in [6, 6.07) is 2.20. The van der Waals surface area contributed by atoms with Gasteiger partial charge in [0.1, 0.15) is 0 Å². The molecular formula is C24H26ClF3N4O5. The summed E-state index contributed by atoms with van der Waals surface area (Å²) in [4.78, 5) is 63.3. The van der Waals surface area contributed by atoms with Crippen LogP contribution < -0.4 is 21.3 Å². The molecule has 1 heterocycles.